The summed E-state index contributed by atoms with van der Waals surface area (Å²) in [6, 6.07) is 13.3. The lowest BCUT2D eigenvalue weighted by molar-refractivity contribution is 0.0469. The third-order valence-electron chi connectivity index (χ3n) is 2.91. The highest BCUT2D eigenvalue weighted by Crippen LogP contribution is 2.11. The van der Waals surface area contributed by atoms with Crippen molar-refractivity contribution in [3.8, 4) is 0 Å². The van der Waals surface area contributed by atoms with Crippen LogP contribution in [-0.4, -0.2) is 12.5 Å². The molecule has 0 radical (unpaired) electrons. The summed E-state index contributed by atoms with van der Waals surface area (Å²) in [7, 11) is 0. The SMILES string of the molecule is NCCc1cccc(C(=O)OCc2ccccc2F)c1. The Morgan fingerprint density at radius 3 is 2.70 bits per heavy atom. The minimum absolute atomic E-state index is 0.0768. The lowest BCUT2D eigenvalue weighted by Crippen LogP contribution is -2.08. The van der Waals surface area contributed by atoms with E-state index in [1.54, 1.807) is 36.4 Å². The van der Waals surface area contributed by atoms with Crippen molar-refractivity contribution < 1.29 is 13.9 Å². The van der Waals surface area contributed by atoms with Gasteiger partial charge in [-0.2, -0.15) is 0 Å². The fraction of sp³-hybridized carbons (Fsp3) is 0.188. The van der Waals surface area contributed by atoms with Gasteiger partial charge in [0.05, 0.1) is 5.56 Å². The molecule has 0 heterocycles. The van der Waals surface area contributed by atoms with Crippen LogP contribution in [0.15, 0.2) is 48.5 Å². The van der Waals surface area contributed by atoms with Crippen LogP contribution in [0, 0.1) is 5.82 Å². The number of carbonyl (C=O) groups is 1. The Morgan fingerprint density at radius 2 is 1.95 bits per heavy atom. The van der Waals surface area contributed by atoms with E-state index in [9.17, 15) is 9.18 Å². The Hall–Kier alpha value is -2.20. The van der Waals surface area contributed by atoms with Crippen molar-refractivity contribution in [1.82, 2.24) is 0 Å². The number of esters is 1. The summed E-state index contributed by atoms with van der Waals surface area (Å²) >= 11 is 0. The van der Waals surface area contributed by atoms with E-state index in [2.05, 4.69) is 0 Å². The van der Waals surface area contributed by atoms with E-state index >= 15 is 0 Å². The molecule has 0 aromatic heterocycles. The topological polar surface area (TPSA) is 52.3 Å². The second-order valence-corrected chi connectivity index (χ2v) is 4.41. The number of hydrogen-bond donors (Lipinski definition) is 1. The fourth-order valence-electron chi connectivity index (χ4n) is 1.86. The lowest BCUT2D eigenvalue weighted by atomic mass is 10.1. The molecule has 3 nitrogen and oxygen atoms in total. The van der Waals surface area contributed by atoms with E-state index in [-0.39, 0.29) is 12.4 Å². The molecule has 2 rings (SSSR count). The number of ether oxygens (including phenoxy) is 1. The first kappa shape index (κ1) is 14.2. The Balaban J connectivity index is 2.01. The van der Waals surface area contributed by atoms with E-state index in [1.807, 2.05) is 6.07 Å². The van der Waals surface area contributed by atoms with Gasteiger partial charge >= 0.3 is 5.97 Å². The summed E-state index contributed by atoms with van der Waals surface area (Å²) < 4.78 is 18.5. The maximum Gasteiger partial charge on any atom is 0.338 e. The van der Waals surface area contributed by atoms with Crippen LogP contribution in [0.3, 0.4) is 0 Å². The highest BCUT2D eigenvalue weighted by molar-refractivity contribution is 5.89. The molecule has 2 N–H and O–H groups in total. The summed E-state index contributed by atoms with van der Waals surface area (Å²) in [6.07, 6.45) is 0.703. The minimum atomic E-state index is -0.466. The standard InChI is InChI=1S/C16H16FNO2/c17-15-7-2-1-5-14(15)11-20-16(19)13-6-3-4-12(10-13)8-9-18/h1-7,10H,8-9,11,18H2. The monoisotopic (exact) mass is 273 g/mol. The smallest absolute Gasteiger partial charge is 0.338 e. The minimum Gasteiger partial charge on any atom is -0.457 e. The summed E-state index contributed by atoms with van der Waals surface area (Å²) in [5.41, 5.74) is 7.27. The van der Waals surface area contributed by atoms with E-state index in [0.29, 0.717) is 24.1 Å². The molecule has 0 aliphatic carbocycles. The predicted molar refractivity (Wildman–Crippen MR) is 74.7 cm³/mol. The van der Waals surface area contributed by atoms with E-state index in [0.717, 1.165) is 5.56 Å². The molecule has 2 aromatic rings. The summed E-state index contributed by atoms with van der Waals surface area (Å²) in [4.78, 5) is 11.9. The Kier molecular flexibility index (Phi) is 4.85. The van der Waals surface area contributed by atoms with E-state index in [1.165, 1.54) is 6.07 Å². The van der Waals surface area contributed by atoms with Gasteiger partial charge in [0.2, 0.25) is 0 Å². The molecule has 20 heavy (non-hydrogen) atoms. The summed E-state index contributed by atoms with van der Waals surface area (Å²) in [5.74, 6) is -0.843. The number of benzene rings is 2. The van der Waals surface area contributed by atoms with Crippen LogP contribution >= 0.6 is 0 Å². The van der Waals surface area contributed by atoms with Gasteiger partial charge < -0.3 is 10.5 Å². The van der Waals surface area contributed by atoms with Gasteiger partial charge in [-0.25, -0.2) is 9.18 Å². The molecule has 0 saturated carbocycles. The zero-order valence-electron chi connectivity index (χ0n) is 11.0. The van der Waals surface area contributed by atoms with Crippen molar-refractivity contribution in [1.29, 1.82) is 0 Å². The van der Waals surface area contributed by atoms with Gasteiger partial charge in [-0.05, 0) is 36.7 Å². The van der Waals surface area contributed by atoms with Crippen molar-refractivity contribution in [2.24, 2.45) is 5.73 Å². The molecule has 104 valence electrons. The lowest BCUT2D eigenvalue weighted by Gasteiger charge is -2.07. The number of carbonyl (C=O) groups excluding carboxylic acids is 1. The molecule has 0 fully saturated rings. The number of halogens is 1. The zero-order valence-corrected chi connectivity index (χ0v) is 11.0. The highest BCUT2D eigenvalue weighted by Gasteiger charge is 2.09. The largest absolute Gasteiger partial charge is 0.457 e. The van der Waals surface area contributed by atoms with Crippen molar-refractivity contribution in [3.05, 3.63) is 71.0 Å². The van der Waals surface area contributed by atoms with Crippen molar-refractivity contribution >= 4 is 5.97 Å². The average molecular weight is 273 g/mol. The Labute approximate surface area is 117 Å². The van der Waals surface area contributed by atoms with Gasteiger partial charge in [0.1, 0.15) is 12.4 Å². The maximum atomic E-state index is 13.4. The second-order valence-electron chi connectivity index (χ2n) is 4.41. The van der Waals surface area contributed by atoms with Crippen molar-refractivity contribution in [2.75, 3.05) is 6.54 Å². The molecule has 2 aromatic carbocycles. The maximum absolute atomic E-state index is 13.4. The van der Waals surface area contributed by atoms with Gasteiger partial charge in [-0.1, -0.05) is 30.3 Å². The normalized spacial score (nSPS) is 10.3. The third kappa shape index (κ3) is 3.65. The van der Waals surface area contributed by atoms with Crippen LogP contribution in [0.2, 0.25) is 0 Å². The first-order chi connectivity index (χ1) is 9.70. The van der Waals surface area contributed by atoms with Crippen LogP contribution in [0.25, 0.3) is 0 Å². The van der Waals surface area contributed by atoms with Gasteiger partial charge in [-0.15, -0.1) is 0 Å². The van der Waals surface area contributed by atoms with Crippen LogP contribution in [0.4, 0.5) is 4.39 Å². The van der Waals surface area contributed by atoms with Crippen molar-refractivity contribution in [2.45, 2.75) is 13.0 Å². The average Bonchev–Trinajstić information content (AvgIpc) is 2.47. The highest BCUT2D eigenvalue weighted by atomic mass is 19.1. The number of rotatable bonds is 5. The fourth-order valence-corrected chi connectivity index (χ4v) is 1.86. The molecule has 0 atom stereocenters. The molecule has 0 amide bonds. The summed E-state index contributed by atoms with van der Waals surface area (Å²) in [6.45, 7) is 0.445. The van der Waals surface area contributed by atoms with Crippen LogP contribution < -0.4 is 5.73 Å². The molecule has 0 spiro atoms. The van der Waals surface area contributed by atoms with E-state index in [4.69, 9.17) is 10.5 Å². The first-order valence-corrected chi connectivity index (χ1v) is 6.40. The van der Waals surface area contributed by atoms with Gasteiger partial charge in [0.25, 0.3) is 0 Å². The molecule has 0 aliphatic heterocycles. The quantitative estimate of drug-likeness (QED) is 0.852. The summed E-state index contributed by atoms with van der Waals surface area (Å²) in [5, 5.41) is 0. The molecular formula is C16H16FNO2. The Bertz CT molecular complexity index is 599. The molecule has 0 unspecified atom stereocenters. The molecule has 0 bridgehead atoms. The third-order valence-corrected chi connectivity index (χ3v) is 2.91. The van der Waals surface area contributed by atoms with Gasteiger partial charge in [0.15, 0.2) is 0 Å². The molecule has 0 aliphatic rings. The van der Waals surface area contributed by atoms with Crippen LogP contribution in [0.1, 0.15) is 21.5 Å². The number of nitrogens with two attached hydrogens (primary N) is 1. The van der Waals surface area contributed by atoms with Gasteiger partial charge in [-0.3, -0.25) is 0 Å². The first-order valence-electron chi connectivity index (χ1n) is 6.40. The molecule has 0 saturated heterocycles. The van der Waals surface area contributed by atoms with Crippen LogP contribution in [0.5, 0.6) is 0 Å². The molecular weight excluding hydrogens is 257 g/mol. The van der Waals surface area contributed by atoms with Gasteiger partial charge in [0, 0.05) is 5.56 Å². The van der Waals surface area contributed by atoms with E-state index < -0.39 is 5.97 Å². The second kappa shape index (κ2) is 6.82. The van der Waals surface area contributed by atoms with Crippen molar-refractivity contribution in [3.63, 3.8) is 0 Å². The van der Waals surface area contributed by atoms with Crippen LogP contribution in [-0.2, 0) is 17.8 Å². The predicted octanol–water partition coefficient (Wildman–Crippen LogP) is 2.68. The number of hydrogen-bond acceptors (Lipinski definition) is 3. The Morgan fingerprint density at radius 1 is 1.15 bits per heavy atom. The zero-order chi connectivity index (χ0) is 14.4. The molecule has 4 heteroatoms.